The van der Waals surface area contributed by atoms with Gasteiger partial charge in [-0.25, -0.2) is 9.79 Å². The van der Waals surface area contributed by atoms with E-state index in [0.717, 1.165) is 48.5 Å². The Morgan fingerprint density at radius 3 is 2.60 bits per heavy atom. The number of carbonyl (C=O) groups is 1. The molecule has 0 aliphatic carbocycles. The van der Waals surface area contributed by atoms with Gasteiger partial charge in [0.05, 0.1) is 42.7 Å². The molecule has 9 nitrogen and oxygen atoms in total. The summed E-state index contributed by atoms with van der Waals surface area (Å²) in [6, 6.07) is 16.1. The highest BCUT2D eigenvalue weighted by Crippen LogP contribution is 2.40. The number of hydrogen-bond acceptors (Lipinski definition) is 8. The number of fused-ring (bicyclic) bond motifs is 1. The second-order valence-electron chi connectivity index (χ2n) is 11.1. The van der Waals surface area contributed by atoms with Crippen molar-refractivity contribution in [3.63, 3.8) is 0 Å². The molecule has 0 unspecified atom stereocenters. The maximum atomic E-state index is 14.4. The highest BCUT2D eigenvalue weighted by atomic mass is 32.1. The first-order valence-corrected chi connectivity index (χ1v) is 15.9. The van der Waals surface area contributed by atoms with Gasteiger partial charge in [0.1, 0.15) is 17.5 Å². The molecule has 4 aromatic rings. The number of aryl methyl sites for hydroxylation is 1. The SMILES string of the molecule is CCOC(=O)C1=C(c2ccccc2)N=c2s/c(=C\c3cc(C)n(C[C@@H]4CCCO4)c3C)c(=O)n2[C@@H]1c1cc(OC)ccc1OC. The van der Waals surface area contributed by atoms with E-state index in [2.05, 4.69) is 24.5 Å². The van der Waals surface area contributed by atoms with Gasteiger partial charge in [0.25, 0.3) is 5.56 Å². The molecule has 2 aliphatic rings. The number of hydrogen-bond donors (Lipinski definition) is 0. The number of nitrogens with zero attached hydrogens (tertiary/aromatic N) is 3. The Kier molecular flexibility index (Phi) is 8.78. The standard InChI is InChI=1S/C35H37N3O6S/c1-6-43-34(40)30-31(23-11-8-7-9-12-23)36-35-38(32(30)27-19-25(41-4)14-15-28(27)42-5)33(39)29(45-35)18-24-17-21(2)37(22(24)3)20-26-13-10-16-44-26/h7-9,11-12,14-15,17-19,26,32H,6,10,13,16,20H2,1-5H3/b29-18-/t26-,32+/m0/s1. The van der Waals surface area contributed by atoms with Gasteiger partial charge in [-0.05, 0) is 69.5 Å². The Bertz CT molecular complexity index is 1950. The highest BCUT2D eigenvalue weighted by Gasteiger charge is 2.37. The summed E-state index contributed by atoms with van der Waals surface area (Å²) in [7, 11) is 3.14. The molecule has 0 saturated carbocycles. The molecule has 1 saturated heterocycles. The Labute approximate surface area is 265 Å². The third-order valence-electron chi connectivity index (χ3n) is 8.41. The van der Waals surface area contributed by atoms with E-state index in [-0.39, 0.29) is 23.8 Å². The Balaban J connectivity index is 1.60. The van der Waals surface area contributed by atoms with E-state index in [9.17, 15) is 9.59 Å². The summed E-state index contributed by atoms with van der Waals surface area (Å²) in [4.78, 5) is 33.7. The quantitative estimate of drug-likeness (QED) is 0.253. The molecule has 234 valence electrons. The molecular formula is C35H37N3O6S. The monoisotopic (exact) mass is 627 g/mol. The highest BCUT2D eigenvalue weighted by molar-refractivity contribution is 7.07. The van der Waals surface area contributed by atoms with Gasteiger partial charge < -0.3 is 23.5 Å². The van der Waals surface area contributed by atoms with Crippen molar-refractivity contribution < 1.29 is 23.7 Å². The van der Waals surface area contributed by atoms with Crippen LogP contribution in [0.5, 0.6) is 11.5 Å². The molecule has 2 aromatic carbocycles. The van der Waals surface area contributed by atoms with Gasteiger partial charge in [0.15, 0.2) is 4.80 Å². The van der Waals surface area contributed by atoms with Crippen LogP contribution < -0.4 is 24.4 Å². The summed E-state index contributed by atoms with van der Waals surface area (Å²) in [5, 5.41) is 0. The van der Waals surface area contributed by atoms with E-state index in [1.165, 1.54) is 11.3 Å². The molecule has 2 atom stereocenters. The Morgan fingerprint density at radius 2 is 1.91 bits per heavy atom. The summed E-state index contributed by atoms with van der Waals surface area (Å²) in [5.74, 6) is 0.513. The molecule has 2 aliphatic heterocycles. The van der Waals surface area contributed by atoms with Crippen molar-refractivity contribution in [1.82, 2.24) is 9.13 Å². The van der Waals surface area contributed by atoms with Crippen molar-refractivity contribution in [3.8, 4) is 11.5 Å². The van der Waals surface area contributed by atoms with Crippen LogP contribution in [0.25, 0.3) is 11.8 Å². The molecule has 1 fully saturated rings. The van der Waals surface area contributed by atoms with Crippen LogP contribution in [0.15, 0.2) is 70.0 Å². The van der Waals surface area contributed by atoms with E-state index in [1.807, 2.05) is 36.4 Å². The average molecular weight is 628 g/mol. The lowest BCUT2D eigenvalue weighted by molar-refractivity contribution is -0.138. The molecule has 2 aromatic heterocycles. The molecular weight excluding hydrogens is 590 g/mol. The largest absolute Gasteiger partial charge is 0.497 e. The van der Waals surface area contributed by atoms with Crippen LogP contribution in [0.1, 0.15) is 53.9 Å². The molecule has 0 amide bonds. The van der Waals surface area contributed by atoms with E-state index >= 15 is 0 Å². The van der Waals surface area contributed by atoms with Crippen molar-refractivity contribution in [2.75, 3.05) is 27.4 Å². The van der Waals surface area contributed by atoms with Gasteiger partial charge in [0.2, 0.25) is 0 Å². The number of benzene rings is 2. The number of aromatic nitrogens is 2. The van der Waals surface area contributed by atoms with E-state index in [0.29, 0.717) is 32.1 Å². The Hall–Kier alpha value is -4.41. The fraction of sp³-hybridized carbons (Fsp3) is 0.343. The average Bonchev–Trinajstić information content (AvgIpc) is 3.75. The first-order valence-electron chi connectivity index (χ1n) is 15.1. The number of thiazole rings is 1. The number of esters is 1. The summed E-state index contributed by atoms with van der Waals surface area (Å²) in [6.07, 6.45) is 4.25. The summed E-state index contributed by atoms with van der Waals surface area (Å²) < 4.78 is 27.2. The molecule has 45 heavy (non-hydrogen) atoms. The predicted molar refractivity (Wildman–Crippen MR) is 173 cm³/mol. The number of methoxy groups -OCH3 is 2. The second-order valence-corrected chi connectivity index (χ2v) is 12.1. The van der Waals surface area contributed by atoms with Crippen molar-refractivity contribution in [1.29, 1.82) is 0 Å². The molecule has 6 rings (SSSR count). The van der Waals surface area contributed by atoms with E-state index in [1.54, 1.807) is 43.9 Å². The van der Waals surface area contributed by atoms with Gasteiger partial charge >= 0.3 is 5.97 Å². The molecule has 0 spiro atoms. The lowest BCUT2D eigenvalue weighted by atomic mass is 9.92. The van der Waals surface area contributed by atoms with Crippen LogP contribution in [0.3, 0.4) is 0 Å². The summed E-state index contributed by atoms with van der Waals surface area (Å²) >= 11 is 1.30. The number of rotatable bonds is 9. The third kappa shape index (κ3) is 5.76. The zero-order valence-electron chi connectivity index (χ0n) is 26.2. The van der Waals surface area contributed by atoms with Crippen LogP contribution in [0, 0.1) is 13.8 Å². The maximum Gasteiger partial charge on any atom is 0.338 e. The van der Waals surface area contributed by atoms with E-state index in [4.69, 9.17) is 23.9 Å². The van der Waals surface area contributed by atoms with Crippen molar-refractivity contribution >= 4 is 29.1 Å². The van der Waals surface area contributed by atoms with Crippen molar-refractivity contribution in [2.45, 2.75) is 52.3 Å². The minimum Gasteiger partial charge on any atom is -0.497 e. The smallest absolute Gasteiger partial charge is 0.338 e. The summed E-state index contributed by atoms with van der Waals surface area (Å²) in [6.45, 7) is 7.65. The fourth-order valence-corrected chi connectivity index (χ4v) is 7.17. The van der Waals surface area contributed by atoms with Gasteiger partial charge in [-0.3, -0.25) is 9.36 Å². The Morgan fingerprint density at radius 1 is 1.11 bits per heavy atom. The fourth-order valence-electron chi connectivity index (χ4n) is 6.18. The summed E-state index contributed by atoms with van der Waals surface area (Å²) in [5.41, 5.74) is 4.91. The second kappa shape index (κ2) is 12.9. The van der Waals surface area contributed by atoms with Crippen LogP contribution >= 0.6 is 11.3 Å². The maximum absolute atomic E-state index is 14.4. The van der Waals surface area contributed by atoms with E-state index < -0.39 is 12.0 Å². The molecule has 10 heteroatoms. The molecule has 4 heterocycles. The number of ether oxygens (including phenoxy) is 4. The molecule has 0 bridgehead atoms. The topological polar surface area (TPSA) is 93.3 Å². The van der Waals surface area contributed by atoms with Crippen molar-refractivity contribution in [3.05, 3.63) is 108 Å². The minimum atomic E-state index is -0.880. The van der Waals surface area contributed by atoms with Gasteiger partial charge in [-0.15, -0.1) is 0 Å². The first kappa shape index (κ1) is 30.6. The minimum absolute atomic E-state index is 0.165. The van der Waals surface area contributed by atoms with Crippen molar-refractivity contribution in [2.24, 2.45) is 4.99 Å². The number of carbonyl (C=O) groups excluding carboxylic acids is 1. The first-order chi connectivity index (χ1) is 21.8. The lowest BCUT2D eigenvalue weighted by Gasteiger charge is -2.27. The van der Waals surface area contributed by atoms with Gasteiger partial charge in [-0.2, -0.15) is 0 Å². The van der Waals surface area contributed by atoms with Crippen LogP contribution in [0.4, 0.5) is 0 Å². The zero-order valence-corrected chi connectivity index (χ0v) is 27.0. The van der Waals surface area contributed by atoms with Gasteiger partial charge in [0, 0.05) is 35.7 Å². The van der Waals surface area contributed by atoms with Crippen LogP contribution in [-0.4, -0.2) is 48.6 Å². The third-order valence-corrected chi connectivity index (χ3v) is 9.40. The van der Waals surface area contributed by atoms with Crippen LogP contribution in [-0.2, 0) is 20.8 Å². The normalized spacial score (nSPS) is 18.1. The zero-order chi connectivity index (χ0) is 31.7. The van der Waals surface area contributed by atoms with Gasteiger partial charge in [-0.1, -0.05) is 41.7 Å². The molecule has 0 radical (unpaired) electrons. The molecule has 0 N–H and O–H groups in total. The predicted octanol–water partition coefficient (Wildman–Crippen LogP) is 4.55. The van der Waals surface area contributed by atoms with Crippen LogP contribution in [0.2, 0.25) is 0 Å². The lowest BCUT2D eigenvalue weighted by Crippen LogP contribution is -2.40.